The summed E-state index contributed by atoms with van der Waals surface area (Å²) in [5.41, 5.74) is 4.07. The minimum atomic E-state index is 0.177. The number of rotatable bonds is 3. The maximum absolute atomic E-state index is 13.1. The van der Waals surface area contributed by atoms with Crippen molar-refractivity contribution in [1.29, 1.82) is 0 Å². The summed E-state index contributed by atoms with van der Waals surface area (Å²) in [6, 6.07) is 17.1. The van der Waals surface area contributed by atoms with Crippen LogP contribution in [0.5, 0.6) is 0 Å². The summed E-state index contributed by atoms with van der Waals surface area (Å²) >= 11 is 3.56. The quantitative estimate of drug-likeness (QED) is 0.821. The van der Waals surface area contributed by atoms with Gasteiger partial charge >= 0.3 is 0 Å². The van der Waals surface area contributed by atoms with Crippen LogP contribution in [0.25, 0.3) is 0 Å². The minimum absolute atomic E-state index is 0.177. The molecule has 3 nitrogen and oxygen atoms in total. The van der Waals surface area contributed by atoms with Crippen molar-refractivity contribution < 1.29 is 9.69 Å². The van der Waals surface area contributed by atoms with Crippen LogP contribution in [0.1, 0.15) is 29.5 Å². The van der Waals surface area contributed by atoms with Gasteiger partial charge in [-0.2, -0.15) is 0 Å². The third-order valence-corrected chi connectivity index (χ3v) is 6.25. The molecule has 1 N–H and O–H groups in total. The number of hydrogen-bond acceptors (Lipinski definition) is 1. The van der Waals surface area contributed by atoms with E-state index in [1.165, 1.54) is 28.1 Å². The van der Waals surface area contributed by atoms with Crippen LogP contribution >= 0.6 is 15.9 Å². The van der Waals surface area contributed by atoms with Gasteiger partial charge in [0.25, 0.3) is 0 Å². The topological polar surface area (TPSA) is 24.8 Å². The van der Waals surface area contributed by atoms with Crippen molar-refractivity contribution in [1.82, 2.24) is 4.90 Å². The van der Waals surface area contributed by atoms with Crippen molar-refractivity contribution >= 4 is 21.8 Å². The Morgan fingerprint density at radius 1 is 1.15 bits per heavy atom. The van der Waals surface area contributed by atoms with Crippen molar-refractivity contribution in [2.75, 3.05) is 19.6 Å². The van der Waals surface area contributed by atoms with E-state index in [1.54, 1.807) is 0 Å². The SMILES string of the molecule is O=C([C@H]1CCC[NH+](Cc2cccc(Br)c2)C1)N1CCc2ccccc2C1. The lowest BCUT2D eigenvalue weighted by Crippen LogP contribution is -3.12. The zero-order valence-electron chi connectivity index (χ0n) is 15.1. The second-order valence-corrected chi connectivity index (χ2v) is 8.54. The number of halogens is 1. The number of amides is 1. The molecule has 1 amide bonds. The van der Waals surface area contributed by atoms with E-state index in [0.29, 0.717) is 5.91 Å². The van der Waals surface area contributed by atoms with Crippen LogP contribution in [-0.4, -0.2) is 30.4 Å². The summed E-state index contributed by atoms with van der Waals surface area (Å²) in [5.74, 6) is 0.544. The van der Waals surface area contributed by atoms with Gasteiger partial charge < -0.3 is 9.80 Å². The van der Waals surface area contributed by atoms with E-state index in [-0.39, 0.29) is 5.92 Å². The molecule has 0 spiro atoms. The average Bonchev–Trinajstić information content (AvgIpc) is 2.67. The monoisotopic (exact) mass is 413 g/mol. The number of likely N-dealkylation sites (tertiary alicyclic amines) is 1. The molecule has 2 aromatic carbocycles. The van der Waals surface area contributed by atoms with Gasteiger partial charge in [0.2, 0.25) is 5.91 Å². The first-order valence-electron chi connectivity index (χ1n) is 9.62. The Morgan fingerprint density at radius 2 is 2.00 bits per heavy atom. The predicted octanol–water partition coefficient (Wildman–Crippen LogP) is 2.83. The number of nitrogens with one attached hydrogen (secondary N) is 1. The molecule has 2 heterocycles. The molecule has 4 rings (SSSR count). The summed E-state index contributed by atoms with van der Waals surface area (Å²) < 4.78 is 1.13. The number of carbonyl (C=O) groups is 1. The minimum Gasteiger partial charge on any atom is -0.338 e. The van der Waals surface area contributed by atoms with Gasteiger partial charge in [0.15, 0.2) is 0 Å². The molecule has 0 aliphatic carbocycles. The van der Waals surface area contributed by atoms with Crippen molar-refractivity contribution in [2.45, 2.75) is 32.4 Å². The molecule has 2 aromatic rings. The van der Waals surface area contributed by atoms with Crippen LogP contribution in [0.15, 0.2) is 53.0 Å². The molecule has 0 aromatic heterocycles. The van der Waals surface area contributed by atoms with E-state index in [2.05, 4.69) is 69.4 Å². The average molecular weight is 414 g/mol. The Labute approximate surface area is 164 Å². The highest BCUT2D eigenvalue weighted by Crippen LogP contribution is 2.21. The molecular formula is C22H26BrN2O+. The van der Waals surface area contributed by atoms with Crippen LogP contribution in [0, 0.1) is 5.92 Å². The highest BCUT2D eigenvalue weighted by Gasteiger charge is 2.33. The third kappa shape index (κ3) is 4.02. The molecule has 1 fully saturated rings. The summed E-state index contributed by atoms with van der Waals surface area (Å²) in [6.45, 7) is 4.79. The van der Waals surface area contributed by atoms with E-state index >= 15 is 0 Å². The van der Waals surface area contributed by atoms with Crippen molar-refractivity contribution in [3.63, 3.8) is 0 Å². The predicted molar refractivity (Wildman–Crippen MR) is 107 cm³/mol. The first-order chi connectivity index (χ1) is 12.7. The first-order valence-corrected chi connectivity index (χ1v) is 10.4. The lowest BCUT2D eigenvalue weighted by molar-refractivity contribution is -0.921. The van der Waals surface area contributed by atoms with E-state index in [0.717, 1.165) is 49.9 Å². The summed E-state index contributed by atoms with van der Waals surface area (Å²) in [5, 5.41) is 0. The molecule has 2 aliphatic heterocycles. The van der Waals surface area contributed by atoms with Gasteiger partial charge in [-0.05, 0) is 42.5 Å². The summed E-state index contributed by atoms with van der Waals surface area (Å²) in [6.07, 6.45) is 3.17. The molecule has 1 saturated heterocycles. The lowest BCUT2D eigenvalue weighted by Gasteiger charge is -2.35. The number of nitrogens with zero attached hydrogens (tertiary/aromatic N) is 1. The van der Waals surface area contributed by atoms with Gasteiger partial charge in [-0.25, -0.2) is 0 Å². The maximum Gasteiger partial charge on any atom is 0.231 e. The van der Waals surface area contributed by atoms with Crippen molar-refractivity contribution in [3.05, 3.63) is 69.7 Å². The number of quaternary nitrogens is 1. The fourth-order valence-corrected chi connectivity index (χ4v) is 4.85. The highest BCUT2D eigenvalue weighted by molar-refractivity contribution is 9.10. The molecule has 26 heavy (non-hydrogen) atoms. The van der Waals surface area contributed by atoms with Gasteiger partial charge in [-0.3, -0.25) is 4.79 Å². The highest BCUT2D eigenvalue weighted by atomic mass is 79.9. The van der Waals surface area contributed by atoms with E-state index < -0.39 is 0 Å². The Morgan fingerprint density at radius 3 is 2.85 bits per heavy atom. The van der Waals surface area contributed by atoms with Crippen LogP contribution in [0.4, 0.5) is 0 Å². The van der Waals surface area contributed by atoms with E-state index in [9.17, 15) is 4.79 Å². The molecule has 2 atom stereocenters. The fourth-order valence-electron chi connectivity index (χ4n) is 4.40. The van der Waals surface area contributed by atoms with E-state index in [4.69, 9.17) is 0 Å². The number of benzene rings is 2. The molecule has 0 bridgehead atoms. The molecule has 0 saturated carbocycles. The molecule has 136 valence electrons. The van der Waals surface area contributed by atoms with Crippen molar-refractivity contribution in [2.24, 2.45) is 5.92 Å². The second kappa shape index (κ2) is 7.93. The van der Waals surface area contributed by atoms with Gasteiger partial charge in [-0.1, -0.05) is 52.3 Å². The Kier molecular flexibility index (Phi) is 5.41. The van der Waals surface area contributed by atoms with Crippen LogP contribution in [0.2, 0.25) is 0 Å². The molecule has 4 heteroatoms. The normalized spacial score (nSPS) is 22.7. The van der Waals surface area contributed by atoms with Gasteiger partial charge in [0, 0.05) is 23.1 Å². The first kappa shape index (κ1) is 17.7. The number of fused-ring (bicyclic) bond motifs is 1. The second-order valence-electron chi connectivity index (χ2n) is 7.63. The van der Waals surface area contributed by atoms with Gasteiger partial charge in [-0.15, -0.1) is 0 Å². The summed E-state index contributed by atoms with van der Waals surface area (Å²) in [4.78, 5) is 16.7. The third-order valence-electron chi connectivity index (χ3n) is 5.75. The smallest absolute Gasteiger partial charge is 0.231 e. The molecule has 1 unspecified atom stereocenters. The number of carbonyl (C=O) groups excluding carboxylic acids is 1. The largest absolute Gasteiger partial charge is 0.338 e. The van der Waals surface area contributed by atoms with E-state index in [1.807, 2.05) is 0 Å². The fraction of sp³-hybridized carbons (Fsp3) is 0.409. The Bertz CT molecular complexity index is 791. The standard InChI is InChI=1S/C22H25BrN2O/c23-21-9-3-5-17(13-21)14-24-11-4-8-20(15-24)22(26)25-12-10-18-6-1-2-7-19(18)16-25/h1-3,5-7,9,13,20H,4,8,10-12,14-16H2/p+1/t20-/m0/s1. The van der Waals surface area contributed by atoms with Crippen LogP contribution < -0.4 is 4.90 Å². The molecule has 0 radical (unpaired) electrons. The van der Waals surface area contributed by atoms with Gasteiger partial charge in [0.1, 0.15) is 6.54 Å². The lowest BCUT2D eigenvalue weighted by atomic mass is 9.93. The summed E-state index contributed by atoms with van der Waals surface area (Å²) in [7, 11) is 0. The molecular weight excluding hydrogens is 388 g/mol. The number of piperidine rings is 1. The van der Waals surface area contributed by atoms with Gasteiger partial charge in [0.05, 0.1) is 19.0 Å². The zero-order chi connectivity index (χ0) is 17.9. The van der Waals surface area contributed by atoms with Crippen LogP contribution in [0.3, 0.4) is 0 Å². The Balaban J connectivity index is 1.39. The number of hydrogen-bond donors (Lipinski definition) is 1. The van der Waals surface area contributed by atoms with Crippen LogP contribution in [-0.2, 0) is 24.3 Å². The Hall–Kier alpha value is -1.65. The molecule has 2 aliphatic rings. The van der Waals surface area contributed by atoms with Crippen molar-refractivity contribution in [3.8, 4) is 0 Å². The maximum atomic E-state index is 13.1. The zero-order valence-corrected chi connectivity index (χ0v) is 16.7.